The summed E-state index contributed by atoms with van der Waals surface area (Å²) in [4.78, 5) is 24.8. The fourth-order valence-corrected chi connectivity index (χ4v) is 3.42. The Labute approximate surface area is 206 Å². The number of carbonyl (C=O) groups excluding carboxylic acids is 2. The van der Waals surface area contributed by atoms with E-state index in [1.54, 1.807) is 24.3 Å². The zero-order valence-corrected chi connectivity index (χ0v) is 19.7. The van der Waals surface area contributed by atoms with Crippen molar-refractivity contribution in [1.29, 1.82) is 0 Å². The summed E-state index contributed by atoms with van der Waals surface area (Å²) in [6.07, 6.45) is 0.773. The molecule has 5 N–H and O–H groups in total. The maximum absolute atomic E-state index is 14.2. The molecule has 0 spiro atoms. The minimum atomic E-state index is -3.02. The predicted octanol–water partition coefficient (Wildman–Crippen LogP) is 4.43. The van der Waals surface area contributed by atoms with E-state index < -0.39 is 17.7 Å². The molecule has 0 fully saturated rings. The molecule has 3 aromatic rings. The molecule has 10 heteroatoms. The number of halogens is 2. The number of carbonyl (C=O) groups is 2. The first-order valence-electron chi connectivity index (χ1n) is 11.0. The molecule has 0 aromatic heterocycles. The molecule has 0 atom stereocenters. The molecule has 3 aromatic carbocycles. The van der Waals surface area contributed by atoms with E-state index in [-0.39, 0.29) is 41.0 Å². The van der Waals surface area contributed by atoms with Crippen LogP contribution in [0.25, 0.3) is 0 Å². The summed E-state index contributed by atoms with van der Waals surface area (Å²) in [5.74, 6) is -3.79. The molecule has 0 bridgehead atoms. The van der Waals surface area contributed by atoms with Gasteiger partial charge in [0, 0.05) is 34.9 Å². The van der Waals surface area contributed by atoms with Crippen LogP contribution < -0.4 is 21.2 Å². The summed E-state index contributed by atoms with van der Waals surface area (Å²) in [6, 6.07) is 14.8. The Kier molecular flexibility index (Phi) is 8.21. The third-order valence-electron chi connectivity index (χ3n) is 5.38. The fourth-order valence-electron chi connectivity index (χ4n) is 3.42. The first kappa shape index (κ1) is 26.1. The second-order valence-corrected chi connectivity index (χ2v) is 7.87. The van der Waals surface area contributed by atoms with Gasteiger partial charge in [0.2, 0.25) is 5.91 Å². The quantitative estimate of drug-likeness (QED) is 0.151. The van der Waals surface area contributed by atoms with Crippen LogP contribution in [0.15, 0.2) is 65.8 Å². The van der Waals surface area contributed by atoms with E-state index in [0.29, 0.717) is 17.0 Å². The fraction of sp³-hybridized carbons (Fsp3) is 0.192. The number of nitrogens with two attached hydrogens (primary N) is 1. The van der Waals surface area contributed by atoms with E-state index in [9.17, 15) is 23.5 Å². The lowest BCUT2D eigenvalue weighted by Gasteiger charge is -2.18. The van der Waals surface area contributed by atoms with Gasteiger partial charge in [-0.3, -0.25) is 9.59 Å². The Bertz CT molecular complexity index is 1290. The van der Waals surface area contributed by atoms with Crippen LogP contribution in [-0.2, 0) is 17.1 Å². The van der Waals surface area contributed by atoms with Gasteiger partial charge in [-0.2, -0.15) is 5.10 Å². The maximum atomic E-state index is 14.2. The van der Waals surface area contributed by atoms with Crippen LogP contribution in [0.1, 0.15) is 40.4 Å². The number of methoxy groups -OCH3 is 1. The number of hydrogen-bond donors (Lipinski definition) is 4. The van der Waals surface area contributed by atoms with Crippen molar-refractivity contribution in [3.05, 3.63) is 82.9 Å². The van der Waals surface area contributed by atoms with Gasteiger partial charge in [-0.25, -0.2) is 14.2 Å². The van der Waals surface area contributed by atoms with Crippen LogP contribution in [0, 0.1) is 0 Å². The normalized spacial score (nSPS) is 11.3. The van der Waals surface area contributed by atoms with E-state index in [0.717, 1.165) is 0 Å². The van der Waals surface area contributed by atoms with Gasteiger partial charge in [-0.1, -0.05) is 31.2 Å². The van der Waals surface area contributed by atoms with Crippen LogP contribution in [0.3, 0.4) is 0 Å². The van der Waals surface area contributed by atoms with Crippen molar-refractivity contribution in [3.63, 3.8) is 0 Å². The number of amides is 2. The van der Waals surface area contributed by atoms with Gasteiger partial charge < -0.3 is 20.9 Å². The van der Waals surface area contributed by atoms with E-state index in [1.807, 2.05) is 0 Å². The molecule has 3 rings (SSSR count). The molecule has 0 aliphatic carbocycles. The van der Waals surface area contributed by atoms with E-state index in [1.165, 1.54) is 56.6 Å². The van der Waals surface area contributed by atoms with Gasteiger partial charge in [0.15, 0.2) is 0 Å². The Morgan fingerprint density at radius 2 is 1.89 bits per heavy atom. The smallest absolute Gasteiger partial charge is 0.273 e. The lowest BCUT2D eigenvalue weighted by Crippen LogP contribution is -2.19. The van der Waals surface area contributed by atoms with Crippen molar-refractivity contribution < 1.29 is 28.2 Å². The van der Waals surface area contributed by atoms with Gasteiger partial charge >= 0.3 is 0 Å². The van der Waals surface area contributed by atoms with E-state index in [4.69, 9.17) is 10.5 Å². The summed E-state index contributed by atoms with van der Waals surface area (Å²) in [7, 11) is 1.43. The molecule has 0 unspecified atom stereocenters. The average Bonchev–Trinajstić information content (AvgIpc) is 2.86. The molecule has 0 saturated carbocycles. The standard InChI is InChI=1S/C26H26F2N4O4/c1-3-26(27,28)20-7-5-4-6-16(20)13-24(34)31-19-10-8-18(23(14-19)36-2)15-30-32-25(35)17-9-11-22(33)21(29)12-17/h4-12,14-15,33H,3,13,29H2,1-2H3,(H,31,34)(H,32,35)/b30-15+. The number of nitrogens with one attached hydrogen (secondary N) is 2. The number of benzene rings is 3. The highest BCUT2D eigenvalue weighted by Crippen LogP contribution is 2.34. The highest BCUT2D eigenvalue weighted by Gasteiger charge is 2.31. The van der Waals surface area contributed by atoms with Crippen LogP contribution in [0.5, 0.6) is 11.5 Å². The lowest BCUT2D eigenvalue weighted by atomic mass is 9.97. The van der Waals surface area contributed by atoms with Gasteiger partial charge in [-0.15, -0.1) is 0 Å². The molecular formula is C26H26F2N4O4. The van der Waals surface area contributed by atoms with Crippen LogP contribution in [0.4, 0.5) is 20.2 Å². The van der Waals surface area contributed by atoms with Crippen LogP contribution >= 0.6 is 0 Å². The van der Waals surface area contributed by atoms with Crippen molar-refractivity contribution in [2.24, 2.45) is 5.10 Å². The number of alkyl halides is 2. The van der Waals surface area contributed by atoms with Gasteiger partial charge in [0.1, 0.15) is 11.5 Å². The molecule has 8 nitrogen and oxygen atoms in total. The summed E-state index contributed by atoms with van der Waals surface area (Å²) in [6.45, 7) is 1.39. The highest BCUT2D eigenvalue weighted by molar-refractivity contribution is 5.97. The number of phenols is 1. The monoisotopic (exact) mass is 496 g/mol. The van der Waals surface area contributed by atoms with Crippen LogP contribution in [0.2, 0.25) is 0 Å². The Morgan fingerprint density at radius 1 is 1.14 bits per heavy atom. The third-order valence-corrected chi connectivity index (χ3v) is 5.38. The Balaban J connectivity index is 1.67. The minimum Gasteiger partial charge on any atom is -0.506 e. The number of hydrogen-bond acceptors (Lipinski definition) is 6. The van der Waals surface area contributed by atoms with Crippen molar-refractivity contribution in [3.8, 4) is 11.5 Å². The number of ether oxygens (including phenoxy) is 1. The van der Waals surface area contributed by atoms with Crippen molar-refractivity contribution in [2.75, 3.05) is 18.2 Å². The molecule has 0 radical (unpaired) electrons. The molecule has 36 heavy (non-hydrogen) atoms. The zero-order chi connectivity index (χ0) is 26.3. The largest absolute Gasteiger partial charge is 0.506 e. The second kappa shape index (κ2) is 11.3. The number of nitrogens with zero attached hydrogens (tertiary/aromatic N) is 1. The van der Waals surface area contributed by atoms with Crippen molar-refractivity contribution in [2.45, 2.75) is 25.7 Å². The van der Waals surface area contributed by atoms with Crippen molar-refractivity contribution in [1.82, 2.24) is 5.43 Å². The second-order valence-electron chi connectivity index (χ2n) is 7.87. The molecular weight excluding hydrogens is 470 g/mol. The molecule has 188 valence electrons. The number of phenolic OH excluding ortho intramolecular Hbond substituents is 1. The van der Waals surface area contributed by atoms with Crippen molar-refractivity contribution >= 4 is 29.4 Å². The topological polar surface area (TPSA) is 126 Å². The summed E-state index contributed by atoms with van der Waals surface area (Å²) < 4.78 is 33.8. The Morgan fingerprint density at radius 3 is 2.58 bits per heavy atom. The lowest BCUT2D eigenvalue weighted by molar-refractivity contribution is -0.115. The highest BCUT2D eigenvalue weighted by atomic mass is 19.3. The molecule has 0 saturated heterocycles. The first-order valence-corrected chi connectivity index (χ1v) is 11.0. The summed E-state index contributed by atoms with van der Waals surface area (Å²) in [5, 5.41) is 16.0. The molecule has 2 amide bonds. The minimum absolute atomic E-state index is 0.0634. The molecule has 0 aliphatic rings. The number of hydrazone groups is 1. The molecule has 0 aliphatic heterocycles. The summed E-state index contributed by atoms with van der Waals surface area (Å²) in [5.41, 5.74) is 9.22. The number of nitrogen functional groups attached to an aromatic ring is 1. The van der Waals surface area contributed by atoms with Gasteiger partial charge in [-0.05, 0) is 35.9 Å². The number of anilines is 2. The van der Waals surface area contributed by atoms with Gasteiger partial charge in [0.25, 0.3) is 11.8 Å². The van der Waals surface area contributed by atoms with Crippen LogP contribution in [-0.4, -0.2) is 30.2 Å². The maximum Gasteiger partial charge on any atom is 0.273 e. The summed E-state index contributed by atoms with van der Waals surface area (Å²) >= 11 is 0. The third kappa shape index (κ3) is 6.35. The SMILES string of the molecule is CCC(F)(F)c1ccccc1CC(=O)Nc1ccc(/C=N/NC(=O)c2ccc(O)c(N)c2)c(OC)c1. The van der Waals surface area contributed by atoms with E-state index in [2.05, 4.69) is 15.8 Å². The predicted molar refractivity (Wildman–Crippen MR) is 134 cm³/mol. The first-order chi connectivity index (χ1) is 17.1. The molecule has 0 heterocycles. The van der Waals surface area contributed by atoms with Gasteiger partial charge in [0.05, 0.1) is 25.4 Å². The van der Waals surface area contributed by atoms with E-state index >= 15 is 0 Å². The number of rotatable bonds is 9. The Hall–Kier alpha value is -4.47. The zero-order valence-electron chi connectivity index (χ0n) is 19.7. The number of aromatic hydroxyl groups is 1. The average molecular weight is 497 g/mol.